The number of halogens is 1. The van der Waals surface area contributed by atoms with Crippen molar-refractivity contribution in [2.24, 2.45) is 0 Å². The molecule has 0 amide bonds. The van der Waals surface area contributed by atoms with Gasteiger partial charge in [0.15, 0.2) is 0 Å². The van der Waals surface area contributed by atoms with E-state index in [0.29, 0.717) is 6.42 Å². The molecule has 5 heteroatoms. The monoisotopic (exact) mass is 162 g/mol. The Morgan fingerprint density at radius 3 is 3.00 bits per heavy atom. The minimum atomic E-state index is -0.393. The third kappa shape index (κ3) is 1.68. The molecule has 0 aromatic rings. The van der Waals surface area contributed by atoms with Crippen LogP contribution in [0.4, 0.5) is 0 Å². The van der Waals surface area contributed by atoms with Gasteiger partial charge in [-0.15, -0.1) is 11.6 Å². The predicted molar refractivity (Wildman–Crippen MR) is 37.3 cm³/mol. The van der Waals surface area contributed by atoms with Crippen LogP contribution in [0.1, 0.15) is 6.42 Å². The smallest absolute Gasteiger partial charge is 0.256 e. The minimum absolute atomic E-state index is 0.149. The summed E-state index contributed by atoms with van der Waals surface area (Å²) in [6.07, 6.45) is 2.08. The van der Waals surface area contributed by atoms with Crippen molar-refractivity contribution >= 4 is 11.6 Å². The molecule has 1 heterocycles. The maximum absolute atomic E-state index is 10.1. The van der Waals surface area contributed by atoms with E-state index >= 15 is 0 Å². The Morgan fingerprint density at radius 2 is 2.60 bits per heavy atom. The molecule has 4 nitrogen and oxygen atoms in total. The van der Waals surface area contributed by atoms with Crippen molar-refractivity contribution in [3.63, 3.8) is 0 Å². The standard InChI is InChI=1S/C5H7ClN2O2/c6-5-2-1-4(3-7-5)8(9)10/h1,5,7H,2-3H2. The van der Waals surface area contributed by atoms with Gasteiger partial charge in [0.25, 0.3) is 5.70 Å². The summed E-state index contributed by atoms with van der Waals surface area (Å²) in [6.45, 7) is 0.265. The molecule has 0 aromatic carbocycles. The van der Waals surface area contributed by atoms with Gasteiger partial charge in [0.1, 0.15) is 0 Å². The molecule has 1 N–H and O–H groups in total. The molecule has 0 saturated carbocycles. The lowest BCUT2D eigenvalue weighted by atomic mass is 10.2. The number of nitrogens with one attached hydrogen (secondary N) is 1. The maximum atomic E-state index is 10.1. The van der Waals surface area contributed by atoms with Crippen LogP contribution in [-0.4, -0.2) is 17.0 Å². The average Bonchev–Trinajstić information content (AvgIpc) is 1.88. The van der Waals surface area contributed by atoms with Crippen molar-refractivity contribution < 1.29 is 4.92 Å². The quantitative estimate of drug-likeness (QED) is 0.267. The summed E-state index contributed by atoms with van der Waals surface area (Å²) in [5.41, 5.74) is 0.0561. The molecule has 10 heavy (non-hydrogen) atoms. The van der Waals surface area contributed by atoms with E-state index in [2.05, 4.69) is 5.32 Å². The van der Waals surface area contributed by atoms with E-state index in [0.717, 1.165) is 0 Å². The second-order valence-corrected chi connectivity index (χ2v) is 2.56. The predicted octanol–water partition coefficient (Wildman–Crippen LogP) is 0.705. The van der Waals surface area contributed by atoms with Crippen LogP contribution in [0, 0.1) is 10.1 Å². The number of hydrogen-bond donors (Lipinski definition) is 1. The van der Waals surface area contributed by atoms with Gasteiger partial charge in [-0.25, -0.2) is 0 Å². The van der Waals surface area contributed by atoms with Crippen LogP contribution in [0.15, 0.2) is 11.8 Å². The topological polar surface area (TPSA) is 55.2 Å². The summed E-state index contributed by atoms with van der Waals surface area (Å²) < 4.78 is 0. The summed E-state index contributed by atoms with van der Waals surface area (Å²) >= 11 is 5.61. The van der Waals surface area contributed by atoms with Crippen molar-refractivity contribution in [1.82, 2.24) is 5.32 Å². The van der Waals surface area contributed by atoms with Gasteiger partial charge in [-0.05, 0) is 6.08 Å². The maximum Gasteiger partial charge on any atom is 0.256 e. The summed E-state index contributed by atoms with van der Waals surface area (Å²) in [4.78, 5) is 9.72. The number of nitro groups is 1. The first kappa shape index (κ1) is 7.50. The summed E-state index contributed by atoms with van der Waals surface area (Å²) in [5, 5.41) is 12.9. The van der Waals surface area contributed by atoms with Gasteiger partial charge in [-0.1, -0.05) is 0 Å². The Morgan fingerprint density at radius 1 is 1.90 bits per heavy atom. The van der Waals surface area contributed by atoms with Crippen molar-refractivity contribution in [2.75, 3.05) is 6.54 Å². The van der Waals surface area contributed by atoms with Gasteiger partial charge >= 0.3 is 0 Å². The Labute approximate surface area is 63.0 Å². The zero-order chi connectivity index (χ0) is 7.56. The summed E-state index contributed by atoms with van der Waals surface area (Å²) in [6, 6.07) is 0. The number of nitrogens with zero attached hydrogens (tertiary/aromatic N) is 1. The Balaban J connectivity index is 2.56. The Hall–Kier alpha value is -0.610. The van der Waals surface area contributed by atoms with E-state index in [1.165, 1.54) is 0 Å². The van der Waals surface area contributed by atoms with Crippen molar-refractivity contribution in [2.45, 2.75) is 11.9 Å². The second-order valence-electron chi connectivity index (χ2n) is 2.04. The molecule has 1 rings (SSSR count). The molecule has 1 aliphatic heterocycles. The van der Waals surface area contributed by atoms with Crippen LogP contribution < -0.4 is 5.32 Å². The lowest BCUT2D eigenvalue weighted by molar-refractivity contribution is -0.427. The first-order chi connectivity index (χ1) is 4.70. The van der Waals surface area contributed by atoms with Gasteiger partial charge < -0.3 is 0 Å². The largest absolute Gasteiger partial charge is 0.291 e. The number of hydrogen-bond acceptors (Lipinski definition) is 3. The minimum Gasteiger partial charge on any atom is -0.291 e. The van der Waals surface area contributed by atoms with Gasteiger partial charge in [-0.3, -0.25) is 15.4 Å². The molecule has 56 valence electrons. The first-order valence-corrected chi connectivity index (χ1v) is 3.34. The van der Waals surface area contributed by atoms with Crippen LogP contribution in [-0.2, 0) is 0 Å². The lowest BCUT2D eigenvalue weighted by Gasteiger charge is -2.12. The molecular weight excluding hydrogens is 156 g/mol. The third-order valence-electron chi connectivity index (χ3n) is 1.30. The number of alkyl halides is 1. The molecule has 1 atom stereocenters. The fourth-order valence-corrected chi connectivity index (χ4v) is 0.916. The van der Waals surface area contributed by atoms with Crippen LogP contribution >= 0.6 is 11.6 Å². The molecule has 0 bridgehead atoms. The van der Waals surface area contributed by atoms with Crippen molar-refractivity contribution in [1.29, 1.82) is 0 Å². The Bertz CT molecular complexity index is 180. The number of rotatable bonds is 1. The van der Waals surface area contributed by atoms with Gasteiger partial charge in [0.2, 0.25) is 0 Å². The van der Waals surface area contributed by atoms with Crippen LogP contribution in [0.2, 0.25) is 0 Å². The zero-order valence-corrected chi connectivity index (χ0v) is 5.97. The lowest BCUT2D eigenvalue weighted by Crippen LogP contribution is -2.31. The molecule has 0 spiro atoms. The van der Waals surface area contributed by atoms with Gasteiger partial charge in [-0.2, -0.15) is 0 Å². The average molecular weight is 163 g/mol. The van der Waals surface area contributed by atoms with E-state index in [1.807, 2.05) is 0 Å². The fraction of sp³-hybridized carbons (Fsp3) is 0.600. The molecule has 0 saturated heterocycles. The van der Waals surface area contributed by atoms with E-state index in [1.54, 1.807) is 6.08 Å². The molecule has 1 unspecified atom stereocenters. The SMILES string of the molecule is O=[N+]([O-])C1=CCC(Cl)NC1. The molecule has 0 aliphatic carbocycles. The zero-order valence-electron chi connectivity index (χ0n) is 5.21. The van der Waals surface area contributed by atoms with E-state index in [9.17, 15) is 10.1 Å². The molecule has 0 aromatic heterocycles. The summed E-state index contributed by atoms with van der Waals surface area (Å²) in [7, 11) is 0. The highest BCUT2D eigenvalue weighted by Gasteiger charge is 2.17. The third-order valence-corrected chi connectivity index (χ3v) is 1.63. The highest BCUT2D eigenvalue weighted by atomic mass is 35.5. The van der Waals surface area contributed by atoms with Crippen LogP contribution in [0.5, 0.6) is 0 Å². The first-order valence-electron chi connectivity index (χ1n) is 2.91. The second kappa shape index (κ2) is 2.98. The highest BCUT2D eigenvalue weighted by Crippen LogP contribution is 2.09. The molecule has 0 fully saturated rings. The molecular formula is C5H7ClN2O2. The van der Waals surface area contributed by atoms with Crippen LogP contribution in [0.3, 0.4) is 0 Å². The Kier molecular flexibility index (Phi) is 2.24. The summed E-state index contributed by atoms with van der Waals surface area (Å²) in [5.74, 6) is 0. The van der Waals surface area contributed by atoms with Crippen molar-refractivity contribution in [3.8, 4) is 0 Å². The van der Waals surface area contributed by atoms with Gasteiger partial charge in [0.05, 0.1) is 17.0 Å². The normalized spacial score (nSPS) is 25.7. The van der Waals surface area contributed by atoms with E-state index in [4.69, 9.17) is 11.6 Å². The van der Waals surface area contributed by atoms with Crippen LogP contribution in [0.25, 0.3) is 0 Å². The van der Waals surface area contributed by atoms with Gasteiger partial charge in [0, 0.05) is 6.42 Å². The van der Waals surface area contributed by atoms with E-state index < -0.39 is 4.92 Å². The van der Waals surface area contributed by atoms with Crippen molar-refractivity contribution in [3.05, 3.63) is 21.9 Å². The molecule has 1 aliphatic rings. The highest BCUT2D eigenvalue weighted by molar-refractivity contribution is 6.20. The fourth-order valence-electron chi connectivity index (χ4n) is 0.749. The molecule has 0 radical (unpaired) electrons. The van der Waals surface area contributed by atoms with E-state index in [-0.39, 0.29) is 17.7 Å².